The van der Waals surface area contributed by atoms with Gasteiger partial charge in [0.05, 0.1) is 18.4 Å². The Bertz CT molecular complexity index is 754. The summed E-state index contributed by atoms with van der Waals surface area (Å²) in [5.41, 5.74) is 2.54. The van der Waals surface area contributed by atoms with Crippen molar-refractivity contribution in [2.24, 2.45) is 0 Å². The second kappa shape index (κ2) is 8.27. The second-order valence-electron chi connectivity index (χ2n) is 6.68. The maximum atomic E-state index is 12.5. The van der Waals surface area contributed by atoms with E-state index in [0.29, 0.717) is 18.0 Å². The topological polar surface area (TPSA) is 105 Å². The van der Waals surface area contributed by atoms with E-state index in [0.717, 1.165) is 43.0 Å². The molecule has 1 amide bonds. The summed E-state index contributed by atoms with van der Waals surface area (Å²) in [4.78, 5) is 21.0. The Morgan fingerprint density at radius 2 is 2.19 bits per heavy atom. The lowest BCUT2D eigenvalue weighted by molar-refractivity contribution is 0.0907. The Morgan fingerprint density at radius 1 is 1.38 bits per heavy atom. The monoisotopic (exact) mass is 358 g/mol. The molecule has 0 radical (unpaired) electrons. The summed E-state index contributed by atoms with van der Waals surface area (Å²) in [5.74, 6) is 0.985. The van der Waals surface area contributed by atoms with Crippen molar-refractivity contribution in [1.82, 2.24) is 25.1 Å². The van der Waals surface area contributed by atoms with E-state index in [4.69, 9.17) is 5.11 Å². The molecule has 0 spiro atoms. The molecule has 2 heterocycles. The molecule has 1 aliphatic carbocycles. The number of hydrogen-bond donors (Lipinski definition) is 3. The molecule has 1 saturated carbocycles. The third-order valence-corrected chi connectivity index (χ3v) is 4.78. The first-order valence-electron chi connectivity index (χ1n) is 9.12. The molecule has 3 N–H and O–H groups in total. The lowest BCUT2D eigenvalue weighted by Crippen LogP contribution is -2.43. The van der Waals surface area contributed by atoms with Crippen molar-refractivity contribution in [3.05, 3.63) is 35.5 Å². The summed E-state index contributed by atoms with van der Waals surface area (Å²) >= 11 is 0. The van der Waals surface area contributed by atoms with Crippen LogP contribution in [0.3, 0.4) is 0 Å². The maximum Gasteiger partial charge on any atom is 0.254 e. The minimum atomic E-state index is -0.0544. The normalized spacial score (nSPS) is 19.0. The van der Waals surface area contributed by atoms with Gasteiger partial charge in [-0.2, -0.15) is 5.10 Å². The van der Waals surface area contributed by atoms with E-state index in [1.807, 2.05) is 17.7 Å². The van der Waals surface area contributed by atoms with E-state index in [9.17, 15) is 4.79 Å². The molecule has 0 aliphatic heterocycles. The summed E-state index contributed by atoms with van der Waals surface area (Å²) in [6, 6.07) is 2.07. The third-order valence-electron chi connectivity index (χ3n) is 4.78. The van der Waals surface area contributed by atoms with Crippen LogP contribution in [-0.2, 0) is 6.54 Å². The van der Waals surface area contributed by atoms with Crippen LogP contribution in [0.1, 0.15) is 53.8 Å². The smallest absolute Gasteiger partial charge is 0.254 e. The molecule has 1 fully saturated rings. The molecule has 8 nitrogen and oxygen atoms in total. The van der Waals surface area contributed by atoms with Crippen LogP contribution in [-0.4, -0.2) is 50.0 Å². The van der Waals surface area contributed by atoms with Gasteiger partial charge < -0.3 is 15.7 Å². The van der Waals surface area contributed by atoms with Crippen molar-refractivity contribution >= 4 is 11.7 Å². The first kappa shape index (κ1) is 18.3. The highest BCUT2D eigenvalue weighted by Crippen LogP contribution is 2.36. The van der Waals surface area contributed by atoms with E-state index in [1.165, 1.54) is 6.33 Å². The van der Waals surface area contributed by atoms with Crippen molar-refractivity contribution in [3.63, 3.8) is 0 Å². The summed E-state index contributed by atoms with van der Waals surface area (Å²) in [6.07, 6.45) is 5.91. The van der Waals surface area contributed by atoms with Gasteiger partial charge in [0.15, 0.2) is 0 Å². The van der Waals surface area contributed by atoms with Crippen molar-refractivity contribution in [2.45, 2.75) is 51.6 Å². The molecule has 0 bridgehead atoms. The predicted molar refractivity (Wildman–Crippen MR) is 98.1 cm³/mol. The number of carbonyl (C=O) groups is 1. The molecular formula is C18H26N6O2. The summed E-state index contributed by atoms with van der Waals surface area (Å²) in [5, 5.41) is 19.3. The molecule has 3 rings (SSSR count). The number of amides is 1. The van der Waals surface area contributed by atoms with Crippen LogP contribution in [0.15, 0.2) is 18.6 Å². The average Bonchev–Trinajstić information content (AvgIpc) is 2.97. The lowest BCUT2D eigenvalue weighted by atomic mass is 9.78. The number of aryl methyl sites for hydroxylation is 1. The summed E-state index contributed by atoms with van der Waals surface area (Å²) in [7, 11) is 0. The Kier molecular flexibility index (Phi) is 5.82. The number of anilines is 1. The van der Waals surface area contributed by atoms with Crippen molar-refractivity contribution in [3.8, 4) is 0 Å². The van der Waals surface area contributed by atoms with E-state index in [-0.39, 0.29) is 18.6 Å². The van der Waals surface area contributed by atoms with Crippen LogP contribution in [0.2, 0.25) is 0 Å². The second-order valence-corrected chi connectivity index (χ2v) is 6.68. The zero-order chi connectivity index (χ0) is 18.5. The highest BCUT2D eigenvalue weighted by molar-refractivity contribution is 5.95. The van der Waals surface area contributed by atoms with E-state index in [1.54, 1.807) is 6.20 Å². The minimum Gasteiger partial charge on any atom is -0.395 e. The minimum absolute atomic E-state index is 0.0544. The number of aliphatic hydroxyl groups is 1. The third kappa shape index (κ3) is 4.01. The number of hydrogen-bond acceptors (Lipinski definition) is 6. The van der Waals surface area contributed by atoms with Gasteiger partial charge in [0.1, 0.15) is 12.1 Å². The van der Waals surface area contributed by atoms with Gasteiger partial charge in [-0.05, 0) is 26.2 Å². The van der Waals surface area contributed by atoms with Gasteiger partial charge in [0, 0.05) is 42.5 Å². The fraction of sp³-hybridized carbons (Fsp3) is 0.556. The van der Waals surface area contributed by atoms with Gasteiger partial charge in [0.2, 0.25) is 0 Å². The fourth-order valence-electron chi connectivity index (χ4n) is 3.22. The molecular weight excluding hydrogens is 332 g/mol. The van der Waals surface area contributed by atoms with Gasteiger partial charge in [-0.25, -0.2) is 9.97 Å². The van der Waals surface area contributed by atoms with Crippen molar-refractivity contribution < 1.29 is 9.90 Å². The molecule has 140 valence electrons. The Morgan fingerprint density at radius 3 is 2.92 bits per heavy atom. The average molecular weight is 358 g/mol. The number of aromatic nitrogens is 4. The molecule has 0 saturated heterocycles. The Hall–Kier alpha value is -2.48. The van der Waals surface area contributed by atoms with Crippen LogP contribution in [0.25, 0.3) is 0 Å². The number of nitrogens with zero attached hydrogens (tertiary/aromatic N) is 4. The molecule has 0 unspecified atom stereocenters. The van der Waals surface area contributed by atoms with Crippen molar-refractivity contribution in [2.75, 3.05) is 18.5 Å². The summed E-state index contributed by atoms with van der Waals surface area (Å²) in [6.45, 7) is 5.37. The van der Waals surface area contributed by atoms with Gasteiger partial charge in [-0.1, -0.05) is 6.92 Å². The molecule has 0 atom stereocenters. The molecule has 26 heavy (non-hydrogen) atoms. The molecule has 2 aromatic rings. The number of aliphatic hydroxyl groups excluding tert-OH is 1. The zero-order valence-corrected chi connectivity index (χ0v) is 15.3. The molecule has 0 aromatic carbocycles. The first-order chi connectivity index (χ1) is 12.6. The van der Waals surface area contributed by atoms with Crippen LogP contribution in [0, 0.1) is 6.92 Å². The number of nitrogens with one attached hydrogen (secondary N) is 2. The highest BCUT2D eigenvalue weighted by Gasteiger charge is 2.33. The van der Waals surface area contributed by atoms with Crippen LogP contribution in [0.4, 0.5) is 5.82 Å². The quantitative estimate of drug-likeness (QED) is 0.660. The van der Waals surface area contributed by atoms with Gasteiger partial charge in [-0.3, -0.25) is 9.48 Å². The van der Waals surface area contributed by atoms with Crippen LogP contribution < -0.4 is 10.6 Å². The maximum absolute atomic E-state index is 12.5. The molecule has 1 aliphatic rings. The van der Waals surface area contributed by atoms with Gasteiger partial charge in [-0.15, -0.1) is 0 Å². The van der Waals surface area contributed by atoms with Gasteiger partial charge in [0.25, 0.3) is 5.91 Å². The zero-order valence-electron chi connectivity index (χ0n) is 15.3. The van der Waals surface area contributed by atoms with Crippen molar-refractivity contribution in [1.29, 1.82) is 0 Å². The number of carbonyl (C=O) groups excluding carboxylic acids is 1. The molecule has 2 aromatic heterocycles. The Balaban J connectivity index is 1.53. The first-order valence-corrected chi connectivity index (χ1v) is 9.12. The summed E-state index contributed by atoms with van der Waals surface area (Å²) < 4.78 is 1.88. The highest BCUT2D eigenvalue weighted by atomic mass is 16.3. The van der Waals surface area contributed by atoms with E-state index < -0.39 is 0 Å². The van der Waals surface area contributed by atoms with E-state index >= 15 is 0 Å². The largest absolute Gasteiger partial charge is 0.395 e. The standard InChI is InChI=1S/C18H26N6O2/c1-3-5-24-12(2)15(10-22-24)18(26)23-14-7-13(8-14)16-9-17(19-4-6-25)21-11-20-16/h9-11,13-14,25H,3-8H2,1-2H3,(H,23,26)(H,19,20,21). The SMILES string of the molecule is CCCn1ncc(C(=O)NC2CC(c3cc(NCCO)ncn3)C2)c1C. The number of rotatable bonds is 8. The van der Waals surface area contributed by atoms with Crippen LogP contribution in [0.5, 0.6) is 0 Å². The molecule has 8 heteroatoms. The fourth-order valence-corrected chi connectivity index (χ4v) is 3.22. The lowest BCUT2D eigenvalue weighted by Gasteiger charge is -2.35. The van der Waals surface area contributed by atoms with Crippen LogP contribution >= 0.6 is 0 Å². The van der Waals surface area contributed by atoms with Gasteiger partial charge >= 0.3 is 0 Å². The Labute approximate surface area is 153 Å². The predicted octanol–water partition coefficient (Wildman–Crippen LogP) is 1.47. The van der Waals surface area contributed by atoms with E-state index in [2.05, 4.69) is 32.6 Å².